The molecule has 1 amide bonds. The summed E-state index contributed by atoms with van der Waals surface area (Å²) >= 11 is 6.11. The van der Waals surface area contributed by atoms with Crippen molar-refractivity contribution in [2.45, 2.75) is 31.3 Å². The molecule has 5 rings (SSSR count). The molecule has 3 aromatic heterocycles. The fourth-order valence-electron chi connectivity index (χ4n) is 3.92. The second-order valence-electron chi connectivity index (χ2n) is 7.54. The third-order valence-electron chi connectivity index (χ3n) is 5.40. The van der Waals surface area contributed by atoms with E-state index in [-0.39, 0.29) is 12.1 Å². The molecule has 1 fully saturated rings. The highest BCUT2D eigenvalue weighted by Gasteiger charge is 2.24. The van der Waals surface area contributed by atoms with Gasteiger partial charge in [0.1, 0.15) is 11.4 Å². The van der Waals surface area contributed by atoms with E-state index in [0.29, 0.717) is 33.3 Å². The number of carbonyl (C=O) groups is 1. The molecule has 154 valence electrons. The molecular weight excluding hydrogens is 406 g/mol. The summed E-state index contributed by atoms with van der Waals surface area (Å²) in [5.41, 5.74) is 9.02. The monoisotopic (exact) mass is 425 g/mol. The second-order valence-corrected chi connectivity index (χ2v) is 7.98. The van der Waals surface area contributed by atoms with E-state index in [9.17, 15) is 4.79 Å². The molecule has 0 spiro atoms. The van der Waals surface area contributed by atoms with Gasteiger partial charge in [-0.15, -0.1) is 0 Å². The predicted molar refractivity (Wildman–Crippen MR) is 113 cm³/mol. The van der Waals surface area contributed by atoms with Crippen molar-refractivity contribution in [3.05, 3.63) is 35.6 Å². The summed E-state index contributed by atoms with van der Waals surface area (Å²) < 4.78 is 7.24. The molecule has 1 saturated carbocycles. The van der Waals surface area contributed by atoms with E-state index in [1.165, 1.54) is 0 Å². The fraction of sp³-hybridized carbons (Fsp3) is 0.300. The van der Waals surface area contributed by atoms with Crippen LogP contribution in [0.15, 0.2) is 30.6 Å². The van der Waals surface area contributed by atoms with Crippen molar-refractivity contribution >= 4 is 39.8 Å². The summed E-state index contributed by atoms with van der Waals surface area (Å²) in [4.78, 5) is 24.4. The summed E-state index contributed by atoms with van der Waals surface area (Å²) in [5.74, 6) is 0.308. The summed E-state index contributed by atoms with van der Waals surface area (Å²) in [6.07, 6.45) is 5.19. The Morgan fingerprint density at radius 1 is 1.40 bits per heavy atom. The number of hydrogen-bond acceptors (Lipinski definition) is 6. The van der Waals surface area contributed by atoms with E-state index in [1.807, 2.05) is 25.2 Å². The summed E-state index contributed by atoms with van der Waals surface area (Å²) in [5, 5.41) is 8.97. The van der Waals surface area contributed by atoms with E-state index in [0.717, 1.165) is 30.2 Å². The number of H-pyrrole nitrogens is 1. The van der Waals surface area contributed by atoms with Gasteiger partial charge in [0.05, 0.1) is 11.7 Å². The molecule has 2 atom stereocenters. The van der Waals surface area contributed by atoms with Gasteiger partial charge in [0.2, 0.25) is 0 Å². The van der Waals surface area contributed by atoms with Crippen LogP contribution in [-0.4, -0.2) is 42.9 Å². The van der Waals surface area contributed by atoms with Crippen LogP contribution in [0, 0.1) is 0 Å². The Kier molecular flexibility index (Phi) is 4.56. The minimum absolute atomic E-state index is 0.0334. The zero-order valence-corrected chi connectivity index (χ0v) is 17.0. The normalized spacial score (nSPS) is 18.9. The Morgan fingerprint density at radius 3 is 3.07 bits per heavy atom. The van der Waals surface area contributed by atoms with Gasteiger partial charge in [-0.25, -0.2) is 14.8 Å². The molecule has 1 aliphatic rings. The molecule has 0 aliphatic heterocycles. The second kappa shape index (κ2) is 7.26. The van der Waals surface area contributed by atoms with Crippen LogP contribution in [0.1, 0.15) is 19.3 Å². The Bertz CT molecular complexity index is 1260. The van der Waals surface area contributed by atoms with Crippen molar-refractivity contribution in [1.82, 2.24) is 30.0 Å². The van der Waals surface area contributed by atoms with Gasteiger partial charge in [-0.2, -0.15) is 5.10 Å². The van der Waals surface area contributed by atoms with E-state index >= 15 is 0 Å². The van der Waals surface area contributed by atoms with Gasteiger partial charge in [0.25, 0.3) is 0 Å². The van der Waals surface area contributed by atoms with Crippen LogP contribution in [0.4, 0.5) is 4.79 Å². The fourth-order valence-corrected chi connectivity index (χ4v) is 4.09. The Labute approximate surface area is 176 Å². The number of fused-ring (bicyclic) bond motifs is 2. The van der Waals surface area contributed by atoms with Crippen LogP contribution >= 0.6 is 11.6 Å². The maximum Gasteiger partial charge on any atom is 0.412 e. The number of aromatic amines is 1. The molecule has 0 radical (unpaired) electrons. The van der Waals surface area contributed by atoms with Gasteiger partial charge in [0.15, 0.2) is 16.9 Å². The minimum Gasteiger partial charge on any atom is -0.406 e. The average molecular weight is 426 g/mol. The van der Waals surface area contributed by atoms with Gasteiger partial charge in [-0.05, 0) is 37.5 Å². The van der Waals surface area contributed by atoms with E-state index in [2.05, 4.69) is 25.4 Å². The van der Waals surface area contributed by atoms with Gasteiger partial charge >= 0.3 is 6.09 Å². The van der Waals surface area contributed by atoms with Crippen LogP contribution in [0.5, 0.6) is 5.75 Å². The number of hydrogen-bond donors (Lipinski definition) is 3. The molecule has 3 heterocycles. The first-order valence-corrected chi connectivity index (χ1v) is 10.1. The average Bonchev–Trinajstić information content (AvgIpc) is 3.40. The molecule has 2 unspecified atom stereocenters. The highest BCUT2D eigenvalue weighted by molar-refractivity contribution is 6.31. The molecule has 0 saturated heterocycles. The molecule has 9 nitrogen and oxygen atoms in total. The number of aryl methyl sites for hydroxylation is 1. The number of aromatic nitrogens is 5. The lowest BCUT2D eigenvalue weighted by Gasteiger charge is -2.11. The van der Waals surface area contributed by atoms with Crippen LogP contribution in [0.25, 0.3) is 33.5 Å². The zero-order valence-electron chi connectivity index (χ0n) is 16.2. The first kappa shape index (κ1) is 18.8. The maximum atomic E-state index is 12.3. The summed E-state index contributed by atoms with van der Waals surface area (Å²) in [6, 6.07) is 5.72. The number of amides is 1. The molecule has 4 aromatic rings. The van der Waals surface area contributed by atoms with Gasteiger partial charge in [-0.3, -0.25) is 4.68 Å². The van der Waals surface area contributed by atoms with Crippen LogP contribution in [0.2, 0.25) is 5.02 Å². The minimum atomic E-state index is -0.528. The number of benzene rings is 1. The largest absolute Gasteiger partial charge is 0.412 e. The molecule has 4 N–H and O–H groups in total. The number of ether oxygens (including phenoxy) is 1. The molecule has 0 bridgehead atoms. The quantitative estimate of drug-likeness (QED) is 0.463. The van der Waals surface area contributed by atoms with Crippen molar-refractivity contribution in [2.24, 2.45) is 12.8 Å². The van der Waals surface area contributed by atoms with E-state index in [1.54, 1.807) is 17.1 Å². The lowest BCUT2D eigenvalue weighted by Crippen LogP contribution is -2.36. The maximum absolute atomic E-state index is 12.3. The third kappa shape index (κ3) is 3.35. The SMILES string of the molecule is Cn1nc(-c2cnc3[nH]cc(OC(=O)NC4CCC(N)C4)c3n2)c2ccc(Cl)cc21. The molecule has 1 aromatic carbocycles. The topological polar surface area (TPSA) is 124 Å². The van der Waals surface area contributed by atoms with Crippen molar-refractivity contribution in [3.8, 4) is 17.1 Å². The molecular formula is C20H20ClN7O2. The summed E-state index contributed by atoms with van der Waals surface area (Å²) in [6.45, 7) is 0. The first-order chi connectivity index (χ1) is 14.5. The predicted octanol–water partition coefficient (Wildman–Crippen LogP) is 3.13. The molecule has 1 aliphatic carbocycles. The number of rotatable bonds is 3. The van der Waals surface area contributed by atoms with Crippen molar-refractivity contribution < 1.29 is 9.53 Å². The van der Waals surface area contributed by atoms with Gasteiger partial charge in [-0.1, -0.05) is 11.6 Å². The van der Waals surface area contributed by atoms with Crippen LogP contribution < -0.4 is 15.8 Å². The van der Waals surface area contributed by atoms with Crippen LogP contribution in [0.3, 0.4) is 0 Å². The van der Waals surface area contributed by atoms with Crippen molar-refractivity contribution in [1.29, 1.82) is 0 Å². The van der Waals surface area contributed by atoms with E-state index in [4.69, 9.17) is 22.1 Å². The Balaban J connectivity index is 1.46. The third-order valence-corrected chi connectivity index (χ3v) is 5.63. The van der Waals surface area contributed by atoms with Crippen molar-refractivity contribution in [3.63, 3.8) is 0 Å². The standard InChI is InChI=1S/C20H20ClN7O2/c1-28-15-6-10(21)2-5-13(15)17(27-28)14-8-23-19-18(26-14)16(9-24-19)30-20(29)25-12-4-3-11(22)7-12/h2,5-6,8-9,11-12H,3-4,7,22H2,1H3,(H,23,24)(H,25,29). The highest BCUT2D eigenvalue weighted by atomic mass is 35.5. The molecule has 10 heteroatoms. The smallest absolute Gasteiger partial charge is 0.406 e. The number of nitrogens with one attached hydrogen (secondary N) is 2. The summed E-state index contributed by atoms with van der Waals surface area (Å²) in [7, 11) is 1.85. The highest BCUT2D eigenvalue weighted by Crippen LogP contribution is 2.30. The number of carbonyl (C=O) groups excluding carboxylic acids is 1. The number of nitrogens with two attached hydrogens (primary N) is 1. The van der Waals surface area contributed by atoms with E-state index < -0.39 is 6.09 Å². The van der Waals surface area contributed by atoms with Crippen molar-refractivity contribution in [2.75, 3.05) is 0 Å². The van der Waals surface area contributed by atoms with Gasteiger partial charge in [0, 0.05) is 35.7 Å². The first-order valence-electron chi connectivity index (χ1n) is 9.68. The lowest BCUT2D eigenvalue weighted by atomic mass is 10.2. The van der Waals surface area contributed by atoms with Gasteiger partial charge < -0.3 is 20.8 Å². The zero-order chi connectivity index (χ0) is 20.8. The number of nitrogens with zero attached hydrogens (tertiary/aromatic N) is 4. The lowest BCUT2D eigenvalue weighted by molar-refractivity contribution is 0.196. The molecule has 30 heavy (non-hydrogen) atoms. The number of halogens is 1. The Hall–Kier alpha value is -3.17. The Morgan fingerprint density at radius 2 is 2.27 bits per heavy atom. The van der Waals surface area contributed by atoms with Crippen LogP contribution in [-0.2, 0) is 7.05 Å².